The van der Waals surface area contributed by atoms with Crippen molar-refractivity contribution < 1.29 is 0 Å². The topological polar surface area (TPSA) is 47.5 Å². The van der Waals surface area contributed by atoms with Crippen molar-refractivity contribution in [3.05, 3.63) is 41.7 Å². The van der Waals surface area contributed by atoms with Gasteiger partial charge in [-0.25, -0.2) is 9.97 Å². The molecular weight excluding hydrogens is 348 g/mol. The summed E-state index contributed by atoms with van der Waals surface area (Å²) in [5.41, 5.74) is 2.45. The van der Waals surface area contributed by atoms with E-state index >= 15 is 0 Å². The molecule has 2 aromatic rings. The molecule has 6 heteroatoms. The summed E-state index contributed by atoms with van der Waals surface area (Å²) in [4.78, 5) is 16.5. The Morgan fingerprint density at radius 3 is 2.32 bits per heavy atom. The number of likely N-dealkylation sites (tertiary alicyclic amines) is 1. The number of rotatable bonds is 5. The molecule has 0 saturated carbocycles. The molecule has 0 atom stereocenters. The van der Waals surface area contributed by atoms with Gasteiger partial charge in [0.05, 0.1) is 0 Å². The Kier molecular flexibility index (Phi) is 6.07. The van der Waals surface area contributed by atoms with E-state index in [4.69, 9.17) is 0 Å². The van der Waals surface area contributed by atoms with E-state index in [1.165, 1.54) is 37.9 Å². The maximum absolute atomic E-state index is 4.65. The van der Waals surface area contributed by atoms with Gasteiger partial charge in [0, 0.05) is 44.5 Å². The van der Waals surface area contributed by atoms with E-state index in [0.29, 0.717) is 0 Å². The summed E-state index contributed by atoms with van der Waals surface area (Å²) >= 11 is 0. The first kappa shape index (κ1) is 19.2. The van der Waals surface area contributed by atoms with Crippen LogP contribution in [0.5, 0.6) is 0 Å². The molecule has 4 rings (SSSR count). The van der Waals surface area contributed by atoms with Crippen LogP contribution in [0.1, 0.15) is 30.7 Å². The Morgan fingerprint density at radius 1 is 0.893 bits per heavy atom. The van der Waals surface area contributed by atoms with Crippen LogP contribution in [0, 0.1) is 6.92 Å². The normalized spacial score (nSPS) is 19.0. The zero-order valence-corrected chi connectivity index (χ0v) is 17.2. The van der Waals surface area contributed by atoms with E-state index in [9.17, 15) is 0 Å². The number of anilines is 3. The number of nitrogens with one attached hydrogen (secondary N) is 1. The van der Waals surface area contributed by atoms with Gasteiger partial charge < -0.3 is 15.1 Å². The predicted molar refractivity (Wildman–Crippen MR) is 115 cm³/mol. The second-order valence-electron chi connectivity index (χ2n) is 8.11. The fourth-order valence-electron chi connectivity index (χ4n) is 4.03. The lowest BCUT2D eigenvalue weighted by Crippen LogP contribution is -2.44. The van der Waals surface area contributed by atoms with Crippen LogP contribution in [0.3, 0.4) is 0 Å². The summed E-state index contributed by atoms with van der Waals surface area (Å²) in [6.07, 6.45) is 4.05. The smallest absolute Gasteiger partial charge is 0.136 e. The van der Waals surface area contributed by atoms with Gasteiger partial charge in [0.25, 0.3) is 0 Å². The Labute approximate surface area is 168 Å². The third-order valence-corrected chi connectivity index (χ3v) is 5.73. The van der Waals surface area contributed by atoms with Crippen LogP contribution < -0.4 is 10.2 Å². The molecule has 0 spiro atoms. The van der Waals surface area contributed by atoms with Crippen LogP contribution in [0.15, 0.2) is 30.3 Å². The first-order valence-corrected chi connectivity index (χ1v) is 10.5. The molecule has 6 nitrogen and oxygen atoms in total. The predicted octanol–water partition coefficient (Wildman–Crippen LogP) is 3.27. The van der Waals surface area contributed by atoms with Crippen molar-refractivity contribution in [1.82, 2.24) is 19.8 Å². The lowest BCUT2D eigenvalue weighted by atomic mass is 10.1. The number of hydrogen-bond acceptors (Lipinski definition) is 6. The first-order chi connectivity index (χ1) is 13.7. The number of piperidine rings is 1. The van der Waals surface area contributed by atoms with Crippen LogP contribution in [0.25, 0.3) is 0 Å². The molecule has 1 aromatic carbocycles. The zero-order valence-electron chi connectivity index (χ0n) is 17.2. The van der Waals surface area contributed by atoms with E-state index in [1.807, 2.05) is 6.92 Å². The standard InChI is InChI=1S/C22H32N6/c1-18-23-21(16-22(24-18)28-14-12-26(2)13-15-28)25-20-8-6-19(7-9-20)17-27-10-4-3-5-11-27/h6-9,16H,3-5,10-15,17H2,1-2H3,(H,23,24,25). The van der Waals surface area contributed by atoms with Gasteiger partial charge in [-0.15, -0.1) is 0 Å². The van der Waals surface area contributed by atoms with Crippen LogP contribution in [-0.4, -0.2) is 66.1 Å². The van der Waals surface area contributed by atoms with Crippen molar-refractivity contribution in [2.45, 2.75) is 32.7 Å². The minimum Gasteiger partial charge on any atom is -0.354 e. The Morgan fingerprint density at radius 2 is 1.61 bits per heavy atom. The lowest BCUT2D eigenvalue weighted by molar-refractivity contribution is 0.221. The van der Waals surface area contributed by atoms with Crippen molar-refractivity contribution in [1.29, 1.82) is 0 Å². The van der Waals surface area contributed by atoms with Gasteiger partial charge >= 0.3 is 0 Å². The van der Waals surface area contributed by atoms with Crippen LogP contribution in [-0.2, 0) is 6.54 Å². The molecule has 2 aliphatic heterocycles. The summed E-state index contributed by atoms with van der Waals surface area (Å²) in [7, 11) is 2.17. The van der Waals surface area contributed by atoms with Crippen LogP contribution in [0.4, 0.5) is 17.3 Å². The highest BCUT2D eigenvalue weighted by atomic mass is 15.3. The molecule has 28 heavy (non-hydrogen) atoms. The molecule has 1 N–H and O–H groups in total. The van der Waals surface area contributed by atoms with Crippen molar-refractivity contribution in [2.75, 3.05) is 56.5 Å². The summed E-state index contributed by atoms with van der Waals surface area (Å²) in [5.74, 6) is 2.69. The molecule has 2 fully saturated rings. The molecule has 0 amide bonds. The molecular formula is C22H32N6. The summed E-state index contributed by atoms with van der Waals surface area (Å²) in [6, 6.07) is 10.8. The average molecular weight is 381 g/mol. The van der Waals surface area contributed by atoms with Crippen molar-refractivity contribution >= 4 is 17.3 Å². The molecule has 150 valence electrons. The molecule has 2 aliphatic rings. The number of aromatic nitrogens is 2. The maximum Gasteiger partial charge on any atom is 0.136 e. The zero-order chi connectivity index (χ0) is 19.3. The third-order valence-electron chi connectivity index (χ3n) is 5.73. The van der Waals surface area contributed by atoms with E-state index in [0.717, 1.165) is 55.9 Å². The largest absolute Gasteiger partial charge is 0.354 e. The highest BCUT2D eigenvalue weighted by Crippen LogP contribution is 2.22. The molecule has 0 bridgehead atoms. The van der Waals surface area contributed by atoms with Gasteiger partial charge in [0.15, 0.2) is 0 Å². The second-order valence-corrected chi connectivity index (χ2v) is 8.11. The maximum atomic E-state index is 4.65. The minimum absolute atomic E-state index is 0.806. The number of hydrogen-bond donors (Lipinski definition) is 1. The highest BCUT2D eigenvalue weighted by molar-refractivity contribution is 5.60. The van der Waals surface area contributed by atoms with Gasteiger partial charge in [-0.2, -0.15) is 0 Å². The quantitative estimate of drug-likeness (QED) is 0.859. The van der Waals surface area contributed by atoms with Crippen molar-refractivity contribution in [3.8, 4) is 0 Å². The van der Waals surface area contributed by atoms with Gasteiger partial charge in [-0.1, -0.05) is 18.6 Å². The third kappa shape index (κ3) is 5.00. The molecule has 0 aliphatic carbocycles. The van der Waals surface area contributed by atoms with Gasteiger partial charge in [-0.3, -0.25) is 4.90 Å². The monoisotopic (exact) mass is 380 g/mol. The van der Waals surface area contributed by atoms with Gasteiger partial charge in [0.2, 0.25) is 0 Å². The van der Waals surface area contributed by atoms with E-state index in [1.54, 1.807) is 0 Å². The van der Waals surface area contributed by atoms with Crippen LogP contribution in [0.2, 0.25) is 0 Å². The summed E-state index contributed by atoms with van der Waals surface area (Å²) in [5, 5.41) is 3.46. The highest BCUT2D eigenvalue weighted by Gasteiger charge is 2.16. The first-order valence-electron chi connectivity index (χ1n) is 10.5. The number of likely N-dealkylation sites (N-methyl/N-ethyl adjacent to an activating group) is 1. The second kappa shape index (κ2) is 8.88. The molecule has 3 heterocycles. The average Bonchev–Trinajstić information content (AvgIpc) is 2.70. The van der Waals surface area contributed by atoms with Gasteiger partial charge in [-0.05, 0) is 57.6 Å². The molecule has 2 saturated heterocycles. The fraction of sp³-hybridized carbons (Fsp3) is 0.545. The number of nitrogens with zero attached hydrogens (tertiary/aromatic N) is 5. The molecule has 1 aromatic heterocycles. The summed E-state index contributed by atoms with van der Waals surface area (Å²) < 4.78 is 0. The molecule has 0 unspecified atom stereocenters. The Balaban J connectivity index is 1.40. The Hall–Kier alpha value is -2.18. The minimum atomic E-state index is 0.806. The number of aryl methyl sites for hydroxylation is 1. The van der Waals surface area contributed by atoms with E-state index in [2.05, 4.69) is 67.4 Å². The summed E-state index contributed by atoms with van der Waals surface area (Å²) in [6.45, 7) is 9.65. The van der Waals surface area contributed by atoms with Crippen LogP contribution >= 0.6 is 0 Å². The number of benzene rings is 1. The molecule has 0 radical (unpaired) electrons. The SMILES string of the molecule is Cc1nc(Nc2ccc(CN3CCCCC3)cc2)cc(N2CCN(C)CC2)n1. The van der Waals surface area contributed by atoms with Crippen molar-refractivity contribution in [2.24, 2.45) is 0 Å². The van der Waals surface area contributed by atoms with Gasteiger partial charge in [0.1, 0.15) is 17.5 Å². The Bertz CT molecular complexity index is 761. The number of piperazine rings is 1. The lowest BCUT2D eigenvalue weighted by Gasteiger charge is -2.33. The van der Waals surface area contributed by atoms with E-state index < -0.39 is 0 Å². The van der Waals surface area contributed by atoms with E-state index in [-0.39, 0.29) is 0 Å². The van der Waals surface area contributed by atoms with Crippen molar-refractivity contribution in [3.63, 3.8) is 0 Å². The fourth-order valence-corrected chi connectivity index (χ4v) is 4.03.